The standard InChI is InChI=1S/C15H25N5O3/c1-22-11-3-6-18-15(21)20-9-4-12(5-10-20)19-13-14(23-2)17-8-7-16-13/h7-8,12H,3-6,9-11H2,1-2H3,(H,16,19)(H,18,21). The van der Waals surface area contributed by atoms with Crippen LogP contribution in [0.2, 0.25) is 0 Å². The summed E-state index contributed by atoms with van der Waals surface area (Å²) < 4.78 is 10.2. The Morgan fingerprint density at radius 3 is 2.74 bits per heavy atom. The molecule has 1 aliphatic rings. The van der Waals surface area contributed by atoms with Crippen LogP contribution in [0, 0.1) is 0 Å². The molecule has 0 bridgehead atoms. The van der Waals surface area contributed by atoms with Gasteiger partial charge in [0.2, 0.25) is 0 Å². The fourth-order valence-corrected chi connectivity index (χ4v) is 2.52. The van der Waals surface area contributed by atoms with Crippen molar-refractivity contribution in [1.82, 2.24) is 20.2 Å². The van der Waals surface area contributed by atoms with Crippen molar-refractivity contribution >= 4 is 11.8 Å². The van der Waals surface area contributed by atoms with E-state index in [9.17, 15) is 4.79 Å². The Hall–Kier alpha value is -2.09. The van der Waals surface area contributed by atoms with Crippen LogP contribution in [-0.4, -0.2) is 67.4 Å². The van der Waals surface area contributed by atoms with Crippen molar-refractivity contribution < 1.29 is 14.3 Å². The molecule has 0 radical (unpaired) electrons. The van der Waals surface area contributed by atoms with Gasteiger partial charge in [-0.2, -0.15) is 0 Å². The minimum Gasteiger partial charge on any atom is -0.478 e. The van der Waals surface area contributed by atoms with Gasteiger partial charge < -0.3 is 25.0 Å². The molecule has 0 unspecified atom stereocenters. The van der Waals surface area contributed by atoms with Crippen LogP contribution >= 0.6 is 0 Å². The number of hydrogen-bond donors (Lipinski definition) is 2. The molecule has 2 heterocycles. The number of amides is 2. The second kappa shape index (κ2) is 9.14. The van der Waals surface area contributed by atoms with Crippen LogP contribution in [0.4, 0.5) is 10.6 Å². The van der Waals surface area contributed by atoms with Crippen molar-refractivity contribution in [3.05, 3.63) is 12.4 Å². The number of piperidine rings is 1. The number of hydrogen-bond acceptors (Lipinski definition) is 6. The molecule has 0 aromatic carbocycles. The van der Waals surface area contributed by atoms with Crippen LogP contribution in [0.1, 0.15) is 19.3 Å². The lowest BCUT2D eigenvalue weighted by Gasteiger charge is -2.32. The van der Waals surface area contributed by atoms with Crippen LogP contribution in [0.25, 0.3) is 0 Å². The Kier molecular flexibility index (Phi) is 6.86. The average Bonchev–Trinajstić information content (AvgIpc) is 2.59. The van der Waals surface area contributed by atoms with Crippen LogP contribution < -0.4 is 15.4 Å². The van der Waals surface area contributed by atoms with Crippen LogP contribution in [0.5, 0.6) is 5.88 Å². The molecule has 0 spiro atoms. The smallest absolute Gasteiger partial charge is 0.317 e. The van der Waals surface area contributed by atoms with E-state index in [4.69, 9.17) is 9.47 Å². The third-order valence-electron chi connectivity index (χ3n) is 3.78. The average molecular weight is 323 g/mol. The zero-order chi connectivity index (χ0) is 16.5. The van der Waals surface area contributed by atoms with E-state index in [2.05, 4.69) is 20.6 Å². The van der Waals surface area contributed by atoms with Crippen molar-refractivity contribution in [3.8, 4) is 5.88 Å². The zero-order valence-corrected chi connectivity index (χ0v) is 13.7. The Morgan fingerprint density at radius 2 is 2.04 bits per heavy atom. The Labute approximate surface area is 136 Å². The van der Waals surface area contributed by atoms with Gasteiger partial charge in [0.25, 0.3) is 5.88 Å². The van der Waals surface area contributed by atoms with Gasteiger partial charge in [0.15, 0.2) is 5.82 Å². The molecule has 1 fully saturated rings. The van der Waals surface area contributed by atoms with Crippen molar-refractivity contribution in [2.24, 2.45) is 0 Å². The molecule has 2 N–H and O–H groups in total. The lowest BCUT2D eigenvalue weighted by Crippen LogP contribution is -2.47. The van der Waals surface area contributed by atoms with E-state index in [0.29, 0.717) is 24.8 Å². The summed E-state index contributed by atoms with van der Waals surface area (Å²) in [5, 5.41) is 6.26. The van der Waals surface area contributed by atoms with E-state index in [0.717, 1.165) is 32.4 Å². The van der Waals surface area contributed by atoms with Gasteiger partial charge in [-0.3, -0.25) is 0 Å². The summed E-state index contributed by atoms with van der Waals surface area (Å²) in [6, 6.07) is 0.259. The third-order valence-corrected chi connectivity index (χ3v) is 3.78. The number of aromatic nitrogens is 2. The van der Waals surface area contributed by atoms with Gasteiger partial charge in [0.05, 0.1) is 7.11 Å². The molecule has 2 rings (SSSR count). The number of urea groups is 1. The molecule has 8 heteroatoms. The van der Waals surface area contributed by atoms with E-state index in [1.165, 1.54) is 0 Å². The third kappa shape index (κ3) is 5.24. The first kappa shape index (κ1) is 17.3. The molecule has 1 aromatic heterocycles. The summed E-state index contributed by atoms with van der Waals surface area (Å²) in [7, 11) is 3.23. The maximum absolute atomic E-state index is 12.0. The van der Waals surface area contributed by atoms with Gasteiger partial charge >= 0.3 is 6.03 Å². The number of nitrogens with one attached hydrogen (secondary N) is 2. The molecular weight excluding hydrogens is 298 g/mol. The maximum atomic E-state index is 12.0. The highest BCUT2D eigenvalue weighted by atomic mass is 16.5. The van der Waals surface area contributed by atoms with Crippen LogP contribution in [0.3, 0.4) is 0 Å². The highest BCUT2D eigenvalue weighted by Crippen LogP contribution is 2.21. The number of methoxy groups -OCH3 is 2. The number of likely N-dealkylation sites (tertiary alicyclic amines) is 1. The maximum Gasteiger partial charge on any atom is 0.317 e. The van der Waals surface area contributed by atoms with Crippen molar-refractivity contribution in [3.63, 3.8) is 0 Å². The molecule has 2 amide bonds. The van der Waals surface area contributed by atoms with Crippen LogP contribution in [0.15, 0.2) is 12.4 Å². The molecule has 0 atom stereocenters. The number of nitrogens with zero attached hydrogens (tertiary/aromatic N) is 3. The minimum absolute atomic E-state index is 0.00311. The highest BCUT2D eigenvalue weighted by molar-refractivity contribution is 5.74. The zero-order valence-electron chi connectivity index (χ0n) is 13.7. The molecule has 128 valence electrons. The largest absolute Gasteiger partial charge is 0.478 e. The van der Waals surface area contributed by atoms with E-state index in [1.807, 2.05) is 4.90 Å². The summed E-state index contributed by atoms with van der Waals surface area (Å²) in [5.74, 6) is 1.14. The number of carbonyl (C=O) groups excluding carboxylic acids is 1. The second-order valence-corrected chi connectivity index (χ2v) is 5.40. The highest BCUT2D eigenvalue weighted by Gasteiger charge is 2.23. The minimum atomic E-state index is -0.00311. The first-order valence-electron chi connectivity index (χ1n) is 7.88. The van der Waals surface area contributed by atoms with Gasteiger partial charge in [0, 0.05) is 51.8 Å². The molecule has 1 aromatic rings. The first-order chi connectivity index (χ1) is 11.2. The van der Waals surface area contributed by atoms with Crippen molar-refractivity contribution in [2.45, 2.75) is 25.3 Å². The topological polar surface area (TPSA) is 88.6 Å². The lowest BCUT2D eigenvalue weighted by atomic mass is 10.1. The molecule has 1 aliphatic heterocycles. The predicted molar refractivity (Wildman–Crippen MR) is 86.7 cm³/mol. The Bertz CT molecular complexity index is 492. The molecule has 23 heavy (non-hydrogen) atoms. The molecule has 0 saturated carbocycles. The molecule has 8 nitrogen and oxygen atoms in total. The second-order valence-electron chi connectivity index (χ2n) is 5.40. The van der Waals surface area contributed by atoms with Crippen molar-refractivity contribution in [2.75, 3.05) is 45.8 Å². The number of carbonyl (C=O) groups is 1. The molecular formula is C15H25N5O3. The van der Waals surface area contributed by atoms with E-state index in [-0.39, 0.29) is 12.1 Å². The van der Waals surface area contributed by atoms with Crippen molar-refractivity contribution in [1.29, 1.82) is 0 Å². The predicted octanol–water partition coefficient (Wildman–Crippen LogP) is 1.11. The summed E-state index contributed by atoms with van der Waals surface area (Å²) in [5.41, 5.74) is 0. The lowest BCUT2D eigenvalue weighted by molar-refractivity contribution is 0.176. The van der Waals surface area contributed by atoms with Gasteiger partial charge in [-0.15, -0.1) is 0 Å². The molecule has 1 saturated heterocycles. The fourth-order valence-electron chi connectivity index (χ4n) is 2.52. The number of anilines is 1. The van der Waals surface area contributed by atoms with Gasteiger partial charge in [-0.05, 0) is 19.3 Å². The fraction of sp³-hybridized carbons (Fsp3) is 0.667. The normalized spacial score (nSPS) is 15.3. The van der Waals surface area contributed by atoms with E-state index >= 15 is 0 Å². The van der Waals surface area contributed by atoms with E-state index in [1.54, 1.807) is 26.6 Å². The SMILES string of the molecule is COCCCNC(=O)N1CCC(Nc2nccnc2OC)CC1. The first-order valence-corrected chi connectivity index (χ1v) is 7.88. The molecule has 0 aliphatic carbocycles. The monoisotopic (exact) mass is 323 g/mol. The summed E-state index contributed by atoms with van der Waals surface area (Å²) in [6.45, 7) is 2.74. The summed E-state index contributed by atoms with van der Waals surface area (Å²) >= 11 is 0. The van der Waals surface area contributed by atoms with Crippen LogP contribution in [-0.2, 0) is 4.74 Å². The number of rotatable bonds is 7. The van der Waals surface area contributed by atoms with Gasteiger partial charge in [0.1, 0.15) is 0 Å². The quantitative estimate of drug-likeness (QED) is 0.731. The van der Waals surface area contributed by atoms with E-state index < -0.39 is 0 Å². The van der Waals surface area contributed by atoms with Gasteiger partial charge in [-0.25, -0.2) is 14.8 Å². The summed E-state index contributed by atoms with van der Waals surface area (Å²) in [6.07, 6.45) is 5.79. The Balaban J connectivity index is 1.74. The number of ether oxygens (including phenoxy) is 2. The Morgan fingerprint density at radius 1 is 1.30 bits per heavy atom. The summed E-state index contributed by atoms with van der Waals surface area (Å²) in [4.78, 5) is 22.3. The van der Waals surface area contributed by atoms with Gasteiger partial charge in [-0.1, -0.05) is 0 Å².